The summed E-state index contributed by atoms with van der Waals surface area (Å²) in [5.74, 6) is 0.137. The first-order valence-corrected chi connectivity index (χ1v) is 5.42. The molecule has 0 radical (unpaired) electrons. The number of nitrogens with zero attached hydrogens (tertiary/aromatic N) is 1. The van der Waals surface area contributed by atoms with E-state index >= 15 is 0 Å². The fourth-order valence-corrected chi connectivity index (χ4v) is 2.29. The Balaban J connectivity index is 2.12. The van der Waals surface area contributed by atoms with Crippen LogP contribution in [0.1, 0.15) is 49.3 Å². The monoisotopic (exact) mass is 209 g/mol. The SMILES string of the molecule is O=C(O)Cc1oncc1C1CCCCC1. The summed E-state index contributed by atoms with van der Waals surface area (Å²) in [5.41, 5.74) is 1.01. The van der Waals surface area contributed by atoms with Crippen molar-refractivity contribution in [2.75, 3.05) is 0 Å². The number of aromatic nitrogens is 1. The van der Waals surface area contributed by atoms with Crippen LogP contribution in [0.3, 0.4) is 0 Å². The molecule has 0 aromatic carbocycles. The largest absolute Gasteiger partial charge is 0.481 e. The number of carboxylic acids is 1. The van der Waals surface area contributed by atoms with E-state index in [0.717, 1.165) is 18.4 Å². The first-order valence-electron chi connectivity index (χ1n) is 5.42. The van der Waals surface area contributed by atoms with Crippen LogP contribution in [0, 0.1) is 0 Å². The van der Waals surface area contributed by atoms with Crippen LogP contribution in [0.15, 0.2) is 10.7 Å². The molecule has 1 heterocycles. The van der Waals surface area contributed by atoms with Crippen molar-refractivity contribution in [3.05, 3.63) is 17.5 Å². The quantitative estimate of drug-likeness (QED) is 0.829. The normalized spacial score (nSPS) is 17.9. The maximum Gasteiger partial charge on any atom is 0.311 e. The van der Waals surface area contributed by atoms with Crippen molar-refractivity contribution in [3.63, 3.8) is 0 Å². The summed E-state index contributed by atoms with van der Waals surface area (Å²) in [4.78, 5) is 10.6. The van der Waals surface area contributed by atoms with Crippen molar-refractivity contribution in [2.24, 2.45) is 0 Å². The molecule has 0 saturated heterocycles. The molecule has 0 amide bonds. The number of hydrogen-bond donors (Lipinski definition) is 1. The number of rotatable bonds is 3. The predicted octanol–water partition coefficient (Wildman–Crippen LogP) is 2.35. The average molecular weight is 209 g/mol. The molecule has 82 valence electrons. The van der Waals surface area contributed by atoms with Gasteiger partial charge in [0.2, 0.25) is 0 Å². The highest BCUT2D eigenvalue weighted by molar-refractivity contribution is 5.69. The molecule has 0 aliphatic heterocycles. The molecule has 1 fully saturated rings. The molecule has 15 heavy (non-hydrogen) atoms. The summed E-state index contributed by atoms with van der Waals surface area (Å²) >= 11 is 0. The Bertz CT molecular complexity index is 339. The van der Waals surface area contributed by atoms with Crippen molar-refractivity contribution in [1.29, 1.82) is 0 Å². The van der Waals surface area contributed by atoms with Gasteiger partial charge in [-0.05, 0) is 18.8 Å². The van der Waals surface area contributed by atoms with Crippen molar-refractivity contribution in [3.8, 4) is 0 Å². The third-order valence-corrected chi connectivity index (χ3v) is 3.03. The van der Waals surface area contributed by atoms with Gasteiger partial charge >= 0.3 is 5.97 Å². The fraction of sp³-hybridized carbons (Fsp3) is 0.636. The van der Waals surface area contributed by atoms with Gasteiger partial charge in [-0.3, -0.25) is 4.79 Å². The molecule has 1 aliphatic rings. The molecule has 0 atom stereocenters. The summed E-state index contributed by atoms with van der Waals surface area (Å²) in [7, 11) is 0. The van der Waals surface area contributed by atoms with Gasteiger partial charge in [0.25, 0.3) is 0 Å². The summed E-state index contributed by atoms with van der Waals surface area (Å²) < 4.78 is 5.00. The minimum absolute atomic E-state index is 0.0498. The van der Waals surface area contributed by atoms with Gasteiger partial charge in [-0.2, -0.15) is 0 Å². The lowest BCUT2D eigenvalue weighted by molar-refractivity contribution is -0.136. The highest BCUT2D eigenvalue weighted by Gasteiger charge is 2.22. The molecule has 1 aromatic heterocycles. The van der Waals surface area contributed by atoms with Crippen LogP contribution in [-0.4, -0.2) is 16.2 Å². The lowest BCUT2D eigenvalue weighted by Crippen LogP contribution is -2.08. The number of aliphatic carboxylic acids is 1. The second kappa shape index (κ2) is 4.47. The van der Waals surface area contributed by atoms with E-state index in [1.165, 1.54) is 19.3 Å². The molecule has 4 nitrogen and oxygen atoms in total. The van der Waals surface area contributed by atoms with Gasteiger partial charge in [0, 0.05) is 5.56 Å². The van der Waals surface area contributed by atoms with Gasteiger partial charge in [0.05, 0.1) is 6.20 Å². The maximum absolute atomic E-state index is 10.6. The third kappa shape index (κ3) is 2.37. The molecule has 2 rings (SSSR count). The zero-order valence-electron chi connectivity index (χ0n) is 8.61. The molecular formula is C11H15NO3. The lowest BCUT2D eigenvalue weighted by Gasteiger charge is -2.20. The van der Waals surface area contributed by atoms with Gasteiger partial charge in [-0.25, -0.2) is 0 Å². The Labute approximate surface area is 88.3 Å². The van der Waals surface area contributed by atoms with Crippen LogP contribution in [0.25, 0.3) is 0 Å². The van der Waals surface area contributed by atoms with Crippen LogP contribution in [0.2, 0.25) is 0 Å². The minimum atomic E-state index is -0.858. The molecule has 1 aliphatic carbocycles. The molecule has 1 saturated carbocycles. The number of hydrogen-bond acceptors (Lipinski definition) is 3. The smallest absolute Gasteiger partial charge is 0.311 e. The van der Waals surface area contributed by atoms with Crippen LogP contribution >= 0.6 is 0 Å². The lowest BCUT2D eigenvalue weighted by atomic mass is 9.84. The maximum atomic E-state index is 10.6. The number of carboxylic acid groups (broad SMARTS) is 1. The third-order valence-electron chi connectivity index (χ3n) is 3.03. The zero-order valence-corrected chi connectivity index (χ0v) is 8.61. The van der Waals surface area contributed by atoms with Gasteiger partial charge in [-0.15, -0.1) is 0 Å². The Morgan fingerprint density at radius 1 is 1.47 bits per heavy atom. The standard InChI is InChI=1S/C11H15NO3/c13-11(14)6-10-9(7-12-15-10)8-4-2-1-3-5-8/h7-8H,1-6H2,(H,13,14). The zero-order chi connectivity index (χ0) is 10.7. The predicted molar refractivity (Wildman–Crippen MR) is 53.7 cm³/mol. The van der Waals surface area contributed by atoms with Crippen molar-refractivity contribution in [2.45, 2.75) is 44.4 Å². The summed E-state index contributed by atoms with van der Waals surface area (Å²) in [6.45, 7) is 0. The number of carbonyl (C=O) groups is 1. The van der Waals surface area contributed by atoms with Gasteiger partial charge in [0.1, 0.15) is 6.42 Å². The Morgan fingerprint density at radius 2 is 2.20 bits per heavy atom. The van der Waals surface area contributed by atoms with E-state index < -0.39 is 5.97 Å². The Morgan fingerprint density at radius 3 is 2.87 bits per heavy atom. The van der Waals surface area contributed by atoms with Crippen molar-refractivity contribution in [1.82, 2.24) is 5.16 Å². The van der Waals surface area contributed by atoms with Crippen molar-refractivity contribution >= 4 is 5.97 Å². The molecule has 1 aromatic rings. The van der Waals surface area contributed by atoms with E-state index in [0.29, 0.717) is 11.7 Å². The van der Waals surface area contributed by atoms with E-state index in [4.69, 9.17) is 9.63 Å². The highest BCUT2D eigenvalue weighted by Crippen LogP contribution is 2.34. The van der Waals surface area contributed by atoms with Crippen LogP contribution < -0.4 is 0 Å². The van der Waals surface area contributed by atoms with E-state index in [2.05, 4.69) is 5.16 Å². The Kier molecular flexibility index (Phi) is 3.04. The van der Waals surface area contributed by atoms with Crippen LogP contribution in [-0.2, 0) is 11.2 Å². The molecule has 0 spiro atoms. The van der Waals surface area contributed by atoms with Gasteiger partial charge < -0.3 is 9.63 Å². The van der Waals surface area contributed by atoms with Gasteiger partial charge in [-0.1, -0.05) is 24.4 Å². The Hall–Kier alpha value is -1.32. The highest BCUT2D eigenvalue weighted by atomic mass is 16.5. The second-order valence-electron chi connectivity index (χ2n) is 4.11. The van der Waals surface area contributed by atoms with E-state index in [1.54, 1.807) is 6.20 Å². The molecule has 1 N–H and O–H groups in total. The molecular weight excluding hydrogens is 194 g/mol. The van der Waals surface area contributed by atoms with Crippen LogP contribution in [0.4, 0.5) is 0 Å². The topological polar surface area (TPSA) is 63.3 Å². The minimum Gasteiger partial charge on any atom is -0.481 e. The second-order valence-corrected chi connectivity index (χ2v) is 4.11. The van der Waals surface area contributed by atoms with E-state index in [1.807, 2.05) is 0 Å². The first-order chi connectivity index (χ1) is 7.27. The fourth-order valence-electron chi connectivity index (χ4n) is 2.29. The first kappa shape index (κ1) is 10.2. The molecule has 4 heteroatoms. The molecule has 0 bridgehead atoms. The van der Waals surface area contributed by atoms with E-state index in [9.17, 15) is 4.79 Å². The van der Waals surface area contributed by atoms with Crippen molar-refractivity contribution < 1.29 is 14.4 Å². The van der Waals surface area contributed by atoms with Crippen LogP contribution in [0.5, 0.6) is 0 Å². The summed E-state index contributed by atoms with van der Waals surface area (Å²) in [6, 6.07) is 0. The van der Waals surface area contributed by atoms with E-state index in [-0.39, 0.29) is 6.42 Å². The average Bonchev–Trinajstić information content (AvgIpc) is 2.66. The molecule has 0 unspecified atom stereocenters. The van der Waals surface area contributed by atoms with Gasteiger partial charge in [0.15, 0.2) is 5.76 Å². The summed E-state index contributed by atoms with van der Waals surface area (Å²) in [6.07, 6.45) is 7.64. The summed E-state index contributed by atoms with van der Waals surface area (Å²) in [5, 5.41) is 12.4.